The Hall–Kier alpha value is -1.17. The molecule has 0 saturated carbocycles. The van der Waals surface area contributed by atoms with E-state index in [1.54, 1.807) is 0 Å². The molecule has 4 nitrogen and oxygen atoms in total. The fourth-order valence-corrected chi connectivity index (χ4v) is 4.67. The van der Waals surface area contributed by atoms with Crippen LogP contribution in [-0.4, -0.2) is 31.6 Å². The monoisotopic (exact) mass is 347 g/mol. The van der Waals surface area contributed by atoms with Gasteiger partial charge in [-0.15, -0.1) is 0 Å². The van der Waals surface area contributed by atoms with Crippen LogP contribution in [0.4, 0.5) is 0 Å². The summed E-state index contributed by atoms with van der Waals surface area (Å²) in [6.45, 7) is 13.9. The number of hydrogen-bond donors (Lipinski definition) is 0. The highest BCUT2D eigenvalue weighted by Gasteiger charge is 2.61. The minimum absolute atomic E-state index is 0.0317. The minimum Gasteiger partial charge on any atom is -0.374 e. The number of hydrogen-bond acceptors (Lipinski definition) is 3. The predicted octanol–water partition coefficient (Wildman–Crippen LogP) is 4.30. The number of ether oxygens (including phenoxy) is 1. The van der Waals surface area contributed by atoms with Crippen molar-refractivity contribution in [3.05, 3.63) is 35.9 Å². The van der Waals surface area contributed by atoms with Crippen LogP contribution in [0.1, 0.15) is 45.8 Å². The van der Waals surface area contributed by atoms with Crippen LogP contribution in [0.3, 0.4) is 0 Å². The first-order chi connectivity index (χ1) is 11.1. The van der Waals surface area contributed by atoms with E-state index >= 15 is 0 Å². The molecule has 1 aromatic carbocycles. The SMILES string of the molecule is CC1CN2C(=O)[C@H](c3ccccc3)O[C@@]2(O[Si](C)(C)C(C)(C)C)C1. The van der Waals surface area contributed by atoms with E-state index in [1.165, 1.54) is 0 Å². The van der Waals surface area contributed by atoms with E-state index in [9.17, 15) is 4.79 Å². The number of rotatable bonds is 3. The van der Waals surface area contributed by atoms with E-state index in [4.69, 9.17) is 9.16 Å². The summed E-state index contributed by atoms with van der Waals surface area (Å²) >= 11 is 0. The van der Waals surface area contributed by atoms with Crippen LogP contribution in [0.25, 0.3) is 0 Å². The molecule has 0 aromatic heterocycles. The molecule has 3 atom stereocenters. The summed E-state index contributed by atoms with van der Waals surface area (Å²) in [5.74, 6) is -0.472. The highest BCUT2D eigenvalue weighted by atomic mass is 28.4. The Morgan fingerprint density at radius 1 is 1.25 bits per heavy atom. The normalized spacial score (nSPS) is 30.8. The molecule has 2 heterocycles. The first kappa shape index (κ1) is 17.6. The summed E-state index contributed by atoms with van der Waals surface area (Å²) < 4.78 is 13.1. The van der Waals surface area contributed by atoms with Gasteiger partial charge in [-0.3, -0.25) is 9.69 Å². The van der Waals surface area contributed by atoms with Crippen LogP contribution in [0.5, 0.6) is 0 Å². The zero-order chi connectivity index (χ0) is 17.8. The Labute approximate surface area is 146 Å². The third-order valence-electron chi connectivity index (χ3n) is 5.63. The molecule has 2 aliphatic heterocycles. The first-order valence-electron chi connectivity index (χ1n) is 8.80. The molecule has 24 heavy (non-hydrogen) atoms. The van der Waals surface area contributed by atoms with Crippen molar-refractivity contribution in [3.8, 4) is 0 Å². The van der Waals surface area contributed by atoms with E-state index in [1.807, 2.05) is 35.2 Å². The smallest absolute Gasteiger partial charge is 0.260 e. The molecule has 0 radical (unpaired) electrons. The maximum absolute atomic E-state index is 13.0. The quantitative estimate of drug-likeness (QED) is 0.765. The van der Waals surface area contributed by atoms with Gasteiger partial charge in [0.25, 0.3) is 5.91 Å². The van der Waals surface area contributed by atoms with E-state index in [-0.39, 0.29) is 10.9 Å². The second-order valence-corrected chi connectivity index (χ2v) is 13.5. The molecule has 2 fully saturated rings. The van der Waals surface area contributed by atoms with Gasteiger partial charge in [-0.2, -0.15) is 0 Å². The fourth-order valence-electron chi connectivity index (χ4n) is 3.32. The van der Waals surface area contributed by atoms with Crippen molar-refractivity contribution in [1.29, 1.82) is 0 Å². The summed E-state index contributed by atoms with van der Waals surface area (Å²) in [4.78, 5) is 14.9. The maximum atomic E-state index is 13.0. The predicted molar refractivity (Wildman–Crippen MR) is 96.8 cm³/mol. The Kier molecular flexibility index (Phi) is 4.18. The van der Waals surface area contributed by atoms with Crippen LogP contribution in [0.2, 0.25) is 18.1 Å². The van der Waals surface area contributed by atoms with Crippen LogP contribution < -0.4 is 0 Å². The fraction of sp³-hybridized carbons (Fsp3) is 0.632. The zero-order valence-electron chi connectivity index (χ0n) is 15.6. The Morgan fingerprint density at radius 2 is 1.88 bits per heavy atom. The number of fused-ring (bicyclic) bond motifs is 1. The van der Waals surface area contributed by atoms with Crippen molar-refractivity contribution < 1.29 is 14.0 Å². The highest BCUT2D eigenvalue weighted by molar-refractivity contribution is 6.74. The van der Waals surface area contributed by atoms with Crippen molar-refractivity contribution in [2.75, 3.05) is 6.54 Å². The van der Waals surface area contributed by atoms with E-state index in [2.05, 4.69) is 40.8 Å². The topological polar surface area (TPSA) is 38.8 Å². The molecule has 0 N–H and O–H groups in total. The van der Waals surface area contributed by atoms with Gasteiger partial charge in [-0.05, 0) is 29.6 Å². The van der Waals surface area contributed by atoms with Crippen LogP contribution in [0, 0.1) is 5.92 Å². The summed E-state index contributed by atoms with van der Waals surface area (Å²) in [5.41, 5.74) is 0.905. The summed E-state index contributed by atoms with van der Waals surface area (Å²) in [5, 5.41) is 0.0660. The van der Waals surface area contributed by atoms with Gasteiger partial charge >= 0.3 is 0 Å². The molecule has 2 aliphatic rings. The molecule has 1 aromatic rings. The van der Waals surface area contributed by atoms with E-state index in [0.717, 1.165) is 12.0 Å². The molecule has 0 bridgehead atoms. The van der Waals surface area contributed by atoms with E-state index in [0.29, 0.717) is 12.5 Å². The summed E-state index contributed by atoms with van der Waals surface area (Å²) in [6.07, 6.45) is 0.192. The van der Waals surface area contributed by atoms with Crippen LogP contribution in [-0.2, 0) is 14.0 Å². The maximum Gasteiger partial charge on any atom is 0.260 e. The summed E-state index contributed by atoms with van der Waals surface area (Å²) in [6, 6.07) is 9.75. The first-order valence-corrected chi connectivity index (χ1v) is 11.7. The molecule has 0 spiro atoms. The molecular weight excluding hydrogens is 318 g/mol. The van der Waals surface area contributed by atoms with Crippen molar-refractivity contribution in [1.82, 2.24) is 4.90 Å². The average Bonchev–Trinajstić information content (AvgIpc) is 2.91. The molecule has 132 valence electrons. The van der Waals surface area contributed by atoms with Gasteiger partial charge in [-0.1, -0.05) is 58.0 Å². The average molecular weight is 348 g/mol. The number of carbonyl (C=O) groups excluding carboxylic acids is 1. The third-order valence-corrected chi connectivity index (χ3v) is 10.1. The van der Waals surface area contributed by atoms with Crippen molar-refractivity contribution >= 4 is 14.2 Å². The van der Waals surface area contributed by atoms with E-state index < -0.39 is 20.3 Å². The second-order valence-electron chi connectivity index (χ2n) is 8.74. The lowest BCUT2D eigenvalue weighted by Gasteiger charge is -2.43. The molecule has 5 heteroatoms. The third kappa shape index (κ3) is 2.83. The Bertz CT molecular complexity index is 625. The Morgan fingerprint density at radius 3 is 2.46 bits per heavy atom. The lowest BCUT2D eigenvalue weighted by atomic mass is 10.1. The largest absolute Gasteiger partial charge is 0.374 e. The van der Waals surface area contributed by atoms with Gasteiger partial charge in [0.2, 0.25) is 5.91 Å². The minimum atomic E-state index is -2.07. The number of carbonyl (C=O) groups is 1. The van der Waals surface area contributed by atoms with Crippen molar-refractivity contribution in [2.45, 2.75) is 64.3 Å². The molecule has 1 unspecified atom stereocenters. The standard InChI is InChI=1S/C19H29NO3Si/c1-14-12-19(23-24(5,6)18(2,3)4)20(13-14)17(21)16(22-19)15-10-8-7-9-11-15/h7-11,14,16H,12-13H2,1-6H3/t14?,16-,19+/m0/s1. The highest BCUT2D eigenvalue weighted by Crippen LogP contribution is 2.50. The number of nitrogens with zero attached hydrogens (tertiary/aromatic N) is 1. The molecule has 0 aliphatic carbocycles. The van der Waals surface area contributed by atoms with Gasteiger partial charge in [0.15, 0.2) is 14.4 Å². The molecule has 3 rings (SSSR count). The lowest BCUT2D eigenvalue weighted by molar-refractivity contribution is -0.230. The molecule has 2 saturated heterocycles. The summed E-state index contributed by atoms with van der Waals surface area (Å²) in [7, 11) is -2.07. The van der Waals surface area contributed by atoms with Gasteiger partial charge in [0.1, 0.15) is 0 Å². The number of amides is 1. The van der Waals surface area contributed by atoms with Crippen LogP contribution >= 0.6 is 0 Å². The van der Waals surface area contributed by atoms with Gasteiger partial charge in [-0.25, -0.2) is 0 Å². The Balaban J connectivity index is 1.94. The second kappa shape index (κ2) is 5.68. The van der Waals surface area contributed by atoms with Crippen molar-refractivity contribution in [2.24, 2.45) is 5.92 Å². The molecular formula is C19H29NO3Si. The van der Waals surface area contributed by atoms with Gasteiger partial charge in [0, 0.05) is 13.0 Å². The van der Waals surface area contributed by atoms with Crippen molar-refractivity contribution in [3.63, 3.8) is 0 Å². The lowest BCUT2D eigenvalue weighted by Crippen LogP contribution is -2.54. The van der Waals surface area contributed by atoms with Crippen LogP contribution in [0.15, 0.2) is 30.3 Å². The number of benzene rings is 1. The zero-order valence-corrected chi connectivity index (χ0v) is 16.6. The molecule has 1 amide bonds. The van der Waals surface area contributed by atoms with Gasteiger partial charge < -0.3 is 9.16 Å². The van der Waals surface area contributed by atoms with Gasteiger partial charge in [0.05, 0.1) is 0 Å².